The molecule has 2 aromatic rings. The van der Waals surface area contributed by atoms with Gasteiger partial charge in [0.05, 0.1) is 22.3 Å². The Bertz CT molecular complexity index is 869. The van der Waals surface area contributed by atoms with Crippen LogP contribution in [0.25, 0.3) is 0 Å². The van der Waals surface area contributed by atoms with Crippen molar-refractivity contribution in [2.75, 3.05) is 19.6 Å². The smallest absolute Gasteiger partial charge is 0.253 e. The van der Waals surface area contributed by atoms with Gasteiger partial charge in [0.1, 0.15) is 0 Å². The second-order valence-electron chi connectivity index (χ2n) is 6.91. The number of aromatic nitrogens is 1. The molecule has 0 radical (unpaired) electrons. The first-order chi connectivity index (χ1) is 13.6. The lowest BCUT2D eigenvalue weighted by molar-refractivity contribution is -0.120. The Balaban J connectivity index is 1.59. The Morgan fingerprint density at radius 1 is 1.36 bits per heavy atom. The SMILES string of the molecule is CCC(=O)NCCc1csc([C@H]2CCCN(C(=O)c3ccc(C#N)cc3)C2)n1. The van der Waals surface area contributed by atoms with E-state index in [1.54, 1.807) is 35.6 Å². The number of hydrogen-bond acceptors (Lipinski definition) is 5. The number of nitrogens with one attached hydrogen (secondary N) is 1. The van der Waals surface area contributed by atoms with Gasteiger partial charge < -0.3 is 10.2 Å². The van der Waals surface area contributed by atoms with Gasteiger partial charge in [-0.3, -0.25) is 9.59 Å². The average molecular weight is 397 g/mol. The topological polar surface area (TPSA) is 86.1 Å². The van der Waals surface area contributed by atoms with Crippen molar-refractivity contribution in [1.82, 2.24) is 15.2 Å². The van der Waals surface area contributed by atoms with Crippen molar-refractivity contribution in [2.45, 2.75) is 38.5 Å². The number of benzene rings is 1. The van der Waals surface area contributed by atoms with Crippen LogP contribution < -0.4 is 5.32 Å². The molecule has 1 saturated heterocycles. The van der Waals surface area contributed by atoms with Crippen LogP contribution in [0.4, 0.5) is 0 Å². The van der Waals surface area contributed by atoms with E-state index < -0.39 is 0 Å². The minimum atomic E-state index is 0.00764. The van der Waals surface area contributed by atoms with Crippen molar-refractivity contribution in [3.05, 3.63) is 51.5 Å². The van der Waals surface area contributed by atoms with E-state index in [1.807, 2.05) is 11.8 Å². The summed E-state index contributed by atoms with van der Waals surface area (Å²) in [5.41, 5.74) is 2.16. The number of thiazole rings is 1. The predicted molar refractivity (Wildman–Crippen MR) is 108 cm³/mol. The molecule has 1 atom stereocenters. The van der Waals surface area contributed by atoms with Crippen LogP contribution in [0.2, 0.25) is 0 Å². The van der Waals surface area contributed by atoms with Crippen molar-refractivity contribution < 1.29 is 9.59 Å². The van der Waals surface area contributed by atoms with Crippen molar-refractivity contribution in [2.24, 2.45) is 0 Å². The number of nitrogens with zero attached hydrogens (tertiary/aromatic N) is 3. The molecule has 1 aliphatic heterocycles. The lowest BCUT2D eigenvalue weighted by Gasteiger charge is -2.32. The standard InChI is InChI=1S/C21H24N4O2S/c1-2-19(26)23-10-9-18-14-28-20(24-18)17-4-3-11-25(13-17)21(27)16-7-5-15(12-22)6-8-16/h5-8,14,17H,2-4,9-11,13H2,1H3,(H,23,26)/t17-/m0/s1. The van der Waals surface area contributed by atoms with Gasteiger partial charge in [0.25, 0.3) is 5.91 Å². The van der Waals surface area contributed by atoms with Crippen molar-refractivity contribution >= 4 is 23.2 Å². The number of carbonyl (C=O) groups excluding carboxylic acids is 2. The fourth-order valence-electron chi connectivity index (χ4n) is 3.31. The summed E-state index contributed by atoms with van der Waals surface area (Å²) in [6.45, 7) is 3.85. The van der Waals surface area contributed by atoms with Crippen molar-refractivity contribution in [3.63, 3.8) is 0 Å². The molecule has 0 bridgehead atoms. The van der Waals surface area contributed by atoms with E-state index in [4.69, 9.17) is 10.2 Å². The summed E-state index contributed by atoms with van der Waals surface area (Å²) in [6.07, 6.45) is 3.20. The largest absolute Gasteiger partial charge is 0.356 e. The van der Waals surface area contributed by atoms with Gasteiger partial charge in [-0.2, -0.15) is 5.26 Å². The molecule has 2 amide bonds. The average Bonchev–Trinajstić information content (AvgIpc) is 3.22. The van der Waals surface area contributed by atoms with Gasteiger partial charge in [0.15, 0.2) is 0 Å². The first kappa shape index (κ1) is 20.0. The van der Waals surface area contributed by atoms with Crippen LogP contribution in [0, 0.1) is 11.3 Å². The summed E-state index contributed by atoms with van der Waals surface area (Å²) in [5, 5.41) is 14.9. The zero-order chi connectivity index (χ0) is 19.9. The van der Waals surface area contributed by atoms with E-state index in [2.05, 4.69) is 16.8 Å². The zero-order valence-corrected chi connectivity index (χ0v) is 16.8. The monoisotopic (exact) mass is 396 g/mol. The molecule has 3 rings (SSSR count). The lowest BCUT2D eigenvalue weighted by atomic mass is 9.98. The molecule has 6 nitrogen and oxygen atoms in total. The van der Waals surface area contributed by atoms with Gasteiger partial charge >= 0.3 is 0 Å². The van der Waals surface area contributed by atoms with Gasteiger partial charge in [-0.05, 0) is 37.1 Å². The molecule has 1 N–H and O–H groups in total. The van der Waals surface area contributed by atoms with Crippen LogP contribution in [-0.4, -0.2) is 41.3 Å². The van der Waals surface area contributed by atoms with E-state index in [0.29, 0.717) is 30.6 Å². The second kappa shape index (κ2) is 9.47. The highest BCUT2D eigenvalue weighted by Gasteiger charge is 2.27. The third kappa shape index (κ3) is 4.96. The predicted octanol–water partition coefficient (Wildman–Crippen LogP) is 3.10. The summed E-state index contributed by atoms with van der Waals surface area (Å²) in [7, 11) is 0. The van der Waals surface area contributed by atoms with Gasteiger partial charge in [-0.1, -0.05) is 6.92 Å². The summed E-state index contributed by atoms with van der Waals surface area (Å²) < 4.78 is 0. The Kier molecular flexibility index (Phi) is 6.77. The molecular weight excluding hydrogens is 372 g/mol. The molecule has 0 spiro atoms. The molecule has 0 saturated carbocycles. The van der Waals surface area contributed by atoms with E-state index in [-0.39, 0.29) is 17.7 Å². The quantitative estimate of drug-likeness (QED) is 0.813. The molecule has 28 heavy (non-hydrogen) atoms. The molecule has 1 fully saturated rings. The summed E-state index contributed by atoms with van der Waals surface area (Å²) in [6, 6.07) is 8.87. The molecule has 1 aliphatic rings. The fourth-order valence-corrected chi connectivity index (χ4v) is 4.30. The molecule has 0 aliphatic carbocycles. The maximum atomic E-state index is 12.8. The first-order valence-electron chi connectivity index (χ1n) is 9.61. The molecule has 1 aromatic carbocycles. The summed E-state index contributed by atoms with van der Waals surface area (Å²) in [4.78, 5) is 30.8. The maximum Gasteiger partial charge on any atom is 0.253 e. The molecule has 7 heteroatoms. The Hall–Kier alpha value is -2.72. The van der Waals surface area contributed by atoms with E-state index in [1.165, 1.54) is 0 Å². The van der Waals surface area contributed by atoms with E-state index in [9.17, 15) is 9.59 Å². The third-order valence-electron chi connectivity index (χ3n) is 4.91. The number of hydrogen-bond donors (Lipinski definition) is 1. The normalized spacial score (nSPS) is 16.4. The number of nitriles is 1. The number of rotatable bonds is 6. The Morgan fingerprint density at radius 2 is 2.14 bits per heavy atom. The second-order valence-corrected chi connectivity index (χ2v) is 7.80. The zero-order valence-electron chi connectivity index (χ0n) is 16.0. The van der Waals surface area contributed by atoms with E-state index >= 15 is 0 Å². The molecule has 0 unspecified atom stereocenters. The van der Waals surface area contributed by atoms with Crippen LogP contribution in [-0.2, 0) is 11.2 Å². The Labute approximate surface area is 169 Å². The van der Waals surface area contributed by atoms with Crippen LogP contribution in [0.5, 0.6) is 0 Å². The summed E-state index contributed by atoms with van der Waals surface area (Å²) in [5.74, 6) is 0.313. The molecule has 1 aromatic heterocycles. The maximum absolute atomic E-state index is 12.8. The van der Waals surface area contributed by atoms with Crippen LogP contribution in [0.3, 0.4) is 0 Å². The van der Waals surface area contributed by atoms with Crippen LogP contribution in [0.1, 0.15) is 58.7 Å². The lowest BCUT2D eigenvalue weighted by Crippen LogP contribution is -2.39. The number of piperidine rings is 1. The molecular formula is C21H24N4O2S. The van der Waals surface area contributed by atoms with Crippen LogP contribution in [0.15, 0.2) is 29.6 Å². The van der Waals surface area contributed by atoms with Gasteiger partial charge in [-0.25, -0.2) is 4.98 Å². The van der Waals surface area contributed by atoms with E-state index in [0.717, 1.165) is 36.5 Å². The number of amides is 2. The molecule has 146 valence electrons. The van der Waals surface area contributed by atoms with Gasteiger partial charge in [-0.15, -0.1) is 11.3 Å². The van der Waals surface area contributed by atoms with Crippen LogP contribution >= 0.6 is 11.3 Å². The molecule has 2 heterocycles. The highest BCUT2D eigenvalue weighted by Crippen LogP contribution is 2.30. The fraction of sp³-hybridized carbons (Fsp3) is 0.429. The minimum absolute atomic E-state index is 0.00764. The van der Waals surface area contributed by atoms with Crippen molar-refractivity contribution in [1.29, 1.82) is 5.26 Å². The first-order valence-corrected chi connectivity index (χ1v) is 10.5. The van der Waals surface area contributed by atoms with Gasteiger partial charge in [0.2, 0.25) is 5.91 Å². The Morgan fingerprint density at radius 3 is 2.86 bits per heavy atom. The number of carbonyl (C=O) groups is 2. The van der Waals surface area contributed by atoms with Crippen molar-refractivity contribution in [3.8, 4) is 6.07 Å². The number of likely N-dealkylation sites (tertiary alicyclic amines) is 1. The third-order valence-corrected chi connectivity index (χ3v) is 5.97. The highest BCUT2D eigenvalue weighted by atomic mass is 32.1. The minimum Gasteiger partial charge on any atom is -0.356 e. The summed E-state index contributed by atoms with van der Waals surface area (Å²) >= 11 is 1.64. The highest BCUT2D eigenvalue weighted by molar-refractivity contribution is 7.09. The van der Waals surface area contributed by atoms with Gasteiger partial charge in [0, 0.05) is 49.3 Å².